The zero-order valence-corrected chi connectivity index (χ0v) is 9.86. The highest BCUT2D eigenvalue weighted by molar-refractivity contribution is 5.87. The first-order chi connectivity index (χ1) is 7.75. The lowest BCUT2D eigenvalue weighted by Crippen LogP contribution is -1.99. The van der Waals surface area contributed by atoms with E-state index >= 15 is 0 Å². The molecule has 2 aromatic rings. The van der Waals surface area contributed by atoms with Crippen molar-refractivity contribution in [1.82, 2.24) is 4.57 Å². The van der Waals surface area contributed by atoms with Gasteiger partial charge in [0, 0.05) is 18.1 Å². The third kappa shape index (κ3) is 1.58. The van der Waals surface area contributed by atoms with E-state index in [1.807, 2.05) is 0 Å². The molecule has 2 heteroatoms. The molecule has 1 aromatic heterocycles. The second-order valence-corrected chi connectivity index (χ2v) is 4.79. The molecule has 1 fully saturated rings. The Hall–Kier alpha value is -1.44. The second-order valence-electron chi connectivity index (χ2n) is 4.79. The van der Waals surface area contributed by atoms with Crippen LogP contribution in [-0.4, -0.2) is 11.2 Å². The smallest absolute Gasteiger partial charge is 0.128 e. The Morgan fingerprint density at radius 1 is 1.38 bits per heavy atom. The quantitative estimate of drug-likeness (QED) is 0.766. The van der Waals surface area contributed by atoms with Crippen LogP contribution in [0, 0.1) is 12.8 Å². The molecule has 0 atom stereocenters. The predicted molar refractivity (Wildman–Crippen MR) is 65.9 cm³/mol. The van der Waals surface area contributed by atoms with E-state index in [9.17, 15) is 0 Å². The summed E-state index contributed by atoms with van der Waals surface area (Å²) in [5.74, 6) is 1.84. The minimum Gasteiger partial charge on any atom is -0.493 e. The fourth-order valence-electron chi connectivity index (χ4n) is 2.08. The van der Waals surface area contributed by atoms with Gasteiger partial charge >= 0.3 is 0 Å². The SMILES string of the molecule is Cc1cc2c(OCC3CC3)cccc2n1C. The number of benzene rings is 1. The maximum atomic E-state index is 5.90. The van der Waals surface area contributed by atoms with E-state index in [1.165, 1.54) is 29.4 Å². The first kappa shape index (κ1) is 9.76. The third-order valence-corrected chi connectivity index (χ3v) is 3.46. The Bertz CT molecular complexity index is 523. The lowest BCUT2D eigenvalue weighted by Gasteiger charge is -2.06. The molecule has 0 bridgehead atoms. The largest absolute Gasteiger partial charge is 0.493 e. The van der Waals surface area contributed by atoms with Crippen LogP contribution >= 0.6 is 0 Å². The van der Waals surface area contributed by atoms with Crippen molar-refractivity contribution >= 4 is 10.9 Å². The molecule has 1 aliphatic rings. The van der Waals surface area contributed by atoms with Crippen LogP contribution in [0.15, 0.2) is 24.3 Å². The van der Waals surface area contributed by atoms with Crippen LogP contribution in [0.3, 0.4) is 0 Å². The van der Waals surface area contributed by atoms with Crippen LogP contribution < -0.4 is 4.74 Å². The topological polar surface area (TPSA) is 14.2 Å². The molecule has 0 aliphatic heterocycles. The van der Waals surface area contributed by atoms with Crippen molar-refractivity contribution in [2.24, 2.45) is 13.0 Å². The van der Waals surface area contributed by atoms with Crippen LogP contribution in [-0.2, 0) is 7.05 Å². The predicted octanol–water partition coefficient (Wildman–Crippen LogP) is 3.28. The van der Waals surface area contributed by atoms with Gasteiger partial charge in [-0.05, 0) is 43.9 Å². The van der Waals surface area contributed by atoms with Crippen LogP contribution in [0.2, 0.25) is 0 Å². The zero-order valence-electron chi connectivity index (χ0n) is 9.86. The number of hydrogen-bond donors (Lipinski definition) is 0. The van der Waals surface area contributed by atoms with E-state index in [4.69, 9.17) is 4.74 Å². The van der Waals surface area contributed by atoms with E-state index < -0.39 is 0 Å². The molecule has 3 rings (SSSR count). The highest BCUT2D eigenvalue weighted by Gasteiger charge is 2.22. The van der Waals surface area contributed by atoms with Crippen molar-refractivity contribution in [3.05, 3.63) is 30.0 Å². The fourth-order valence-corrected chi connectivity index (χ4v) is 2.08. The Morgan fingerprint density at radius 2 is 2.19 bits per heavy atom. The highest BCUT2D eigenvalue weighted by atomic mass is 16.5. The molecule has 0 spiro atoms. The van der Waals surface area contributed by atoms with Crippen molar-refractivity contribution in [2.75, 3.05) is 6.61 Å². The van der Waals surface area contributed by atoms with Crippen molar-refractivity contribution in [1.29, 1.82) is 0 Å². The maximum absolute atomic E-state index is 5.90. The summed E-state index contributed by atoms with van der Waals surface area (Å²) in [5, 5.41) is 1.24. The van der Waals surface area contributed by atoms with E-state index in [2.05, 4.69) is 42.8 Å². The maximum Gasteiger partial charge on any atom is 0.128 e. The van der Waals surface area contributed by atoms with Crippen LogP contribution in [0.4, 0.5) is 0 Å². The fraction of sp³-hybridized carbons (Fsp3) is 0.429. The molecule has 0 N–H and O–H groups in total. The summed E-state index contributed by atoms with van der Waals surface area (Å²) in [4.78, 5) is 0. The van der Waals surface area contributed by atoms with Gasteiger partial charge in [-0.25, -0.2) is 0 Å². The molecular formula is C14H17NO. The minimum atomic E-state index is 0.806. The van der Waals surface area contributed by atoms with E-state index in [-0.39, 0.29) is 0 Å². The molecule has 1 aromatic carbocycles. The monoisotopic (exact) mass is 215 g/mol. The summed E-state index contributed by atoms with van der Waals surface area (Å²) in [6.07, 6.45) is 2.67. The van der Waals surface area contributed by atoms with Gasteiger partial charge in [0.1, 0.15) is 5.75 Å². The van der Waals surface area contributed by atoms with Gasteiger partial charge in [-0.15, -0.1) is 0 Å². The Kier molecular flexibility index (Phi) is 2.16. The Labute approximate surface area is 95.8 Å². The van der Waals surface area contributed by atoms with Gasteiger partial charge in [0.25, 0.3) is 0 Å². The summed E-state index contributed by atoms with van der Waals surface area (Å²) < 4.78 is 8.11. The summed E-state index contributed by atoms with van der Waals surface area (Å²) in [6.45, 7) is 3.01. The average molecular weight is 215 g/mol. The average Bonchev–Trinajstić information content (AvgIpc) is 3.06. The standard InChI is InChI=1S/C14H17NO/c1-10-8-12-13(15(10)2)4-3-5-14(12)16-9-11-6-7-11/h3-5,8,11H,6-7,9H2,1-2H3. The van der Waals surface area contributed by atoms with Gasteiger partial charge in [0.05, 0.1) is 12.1 Å². The Morgan fingerprint density at radius 3 is 2.94 bits per heavy atom. The molecule has 0 radical (unpaired) electrons. The molecule has 1 aliphatic carbocycles. The lowest BCUT2D eigenvalue weighted by molar-refractivity contribution is 0.303. The normalized spacial score (nSPS) is 15.6. The van der Waals surface area contributed by atoms with Gasteiger partial charge in [-0.1, -0.05) is 6.07 Å². The van der Waals surface area contributed by atoms with Crippen molar-refractivity contribution in [3.8, 4) is 5.75 Å². The van der Waals surface area contributed by atoms with Gasteiger partial charge < -0.3 is 9.30 Å². The van der Waals surface area contributed by atoms with Crippen molar-refractivity contribution < 1.29 is 4.74 Å². The van der Waals surface area contributed by atoms with Crippen molar-refractivity contribution in [2.45, 2.75) is 19.8 Å². The van der Waals surface area contributed by atoms with Gasteiger partial charge in [-0.3, -0.25) is 0 Å². The molecule has 0 saturated heterocycles. The first-order valence-electron chi connectivity index (χ1n) is 5.93. The second kappa shape index (κ2) is 3.55. The zero-order chi connectivity index (χ0) is 11.1. The summed E-state index contributed by atoms with van der Waals surface area (Å²) in [5.41, 5.74) is 2.53. The molecular weight excluding hydrogens is 198 g/mol. The Balaban J connectivity index is 1.99. The van der Waals surface area contributed by atoms with E-state index in [0.717, 1.165) is 18.3 Å². The first-order valence-corrected chi connectivity index (χ1v) is 5.93. The van der Waals surface area contributed by atoms with Crippen LogP contribution in [0.5, 0.6) is 5.75 Å². The molecule has 0 amide bonds. The molecule has 16 heavy (non-hydrogen) atoms. The number of hydrogen-bond acceptors (Lipinski definition) is 1. The number of aromatic nitrogens is 1. The number of aryl methyl sites for hydroxylation is 2. The van der Waals surface area contributed by atoms with Crippen molar-refractivity contribution in [3.63, 3.8) is 0 Å². The molecule has 2 nitrogen and oxygen atoms in total. The highest BCUT2D eigenvalue weighted by Crippen LogP contribution is 2.32. The summed E-state index contributed by atoms with van der Waals surface area (Å²) in [6, 6.07) is 8.50. The van der Waals surface area contributed by atoms with Gasteiger partial charge in [0.2, 0.25) is 0 Å². The molecule has 1 heterocycles. The third-order valence-electron chi connectivity index (χ3n) is 3.46. The summed E-state index contributed by atoms with van der Waals surface area (Å²) >= 11 is 0. The number of rotatable bonds is 3. The lowest BCUT2D eigenvalue weighted by atomic mass is 10.2. The molecule has 1 saturated carbocycles. The molecule has 0 unspecified atom stereocenters. The minimum absolute atomic E-state index is 0.806. The van der Waals surface area contributed by atoms with Crippen LogP contribution in [0.1, 0.15) is 18.5 Å². The van der Waals surface area contributed by atoms with Crippen LogP contribution in [0.25, 0.3) is 10.9 Å². The van der Waals surface area contributed by atoms with E-state index in [0.29, 0.717) is 0 Å². The number of nitrogens with zero attached hydrogens (tertiary/aromatic N) is 1. The summed E-state index contributed by atoms with van der Waals surface area (Å²) in [7, 11) is 2.10. The van der Waals surface area contributed by atoms with E-state index in [1.54, 1.807) is 0 Å². The van der Waals surface area contributed by atoms with Gasteiger partial charge in [0.15, 0.2) is 0 Å². The number of fused-ring (bicyclic) bond motifs is 1. The number of ether oxygens (including phenoxy) is 1. The van der Waals surface area contributed by atoms with Gasteiger partial charge in [-0.2, -0.15) is 0 Å². The molecule has 84 valence electrons.